The first-order valence-corrected chi connectivity index (χ1v) is 13.8. The van der Waals surface area contributed by atoms with Crippen LogP contribution in [0.15, 0.2) is 42.7 Å². The van der Waals surface area contributed by atoms with Crippen LogP contribution in [0.2, 0.25) is 5.02 Å². The van der Waals surface area contributed by atoms with Crippen LogP contribution in [0.4, 0.5) is 5.82 Å². The number of ether oxygens (including phenoxy) is 2. The lowest BCUT2D eigenvalue weighted by Gasteiger charge is -2.37. The minimum absolute atomic E-state index is 0.0152. The van der Waals surface area contributed by atoms with Crippen molar-refractivity contribution in [3.05, 3.63) is 53.3 Å². The molecule has 1 aliphatic heterocycles. The van der Waals surface area contributed by atoms with Gasteiger partial charge in [-0.2, -0.15) is 0 Å². The monoisotopic (exact) mass is 552 g/mol. The van der Waals surface area contributed by atoms with Gasteiger partial charge >= 0.3 is 5.97 Å². The van der Waals surface area contributed by atoms with Crippen molar-refractivity contribution in [1.29, 1.82) is 0 Å². The number of carbonyl (C=O) groups is 2. The zero-order chi connectivity index (χ0) is 27.5. The Morgan fingerprint density at radius 3 is 2.46 bits per heavy atom. The molecule has 5 rings (SSSR count). The molecule has 0 radical (unpaired) electrons. The largest absolute Gasteiger partial charge is 0.481 e. The number of amides is 1. The van der Waals surface area contributed by atoms with Gasteiger partial charge in [0.2, 0.25) is 11.8 Å². The number of halogens is 1. The molecule has 2 fully saturated rings. The third-order valence-corrected chi connectivity index (χ3v) is 8.10. The Labute approximate surface area is 232 Å². The normalized spacial score (nSPS) is 20.0. The molecule has 206 valence electrons. The molecule has 1 aliphatic carbocycles. The van der Waals surface area contributed by atoms with Crippen molar-refractivity contribution in [2.75, 3.05) is 25.2 Å². The minimum Gasteiger partial charge on any atom is -0.481 e. The van der Waals surface area contributed by atoms with Gasteiger partial charge in [-0.3, -0.25) is 9.69 Å². The van der Waals surface area contributed by atoms with Gasteiger partial charge < -0.3 is 14.6 Å². The van der Waals surface area contributed by atoms with Gasteiger partial charge in [-0.1, -0.05) is 24.6 Å². The number of aromatic carboxylic acids is 1. The maximum Gasteiger partial charge on any atom is 0.341 e. The predicted octanol–water partition coefficient (Wildman–Crippen LogP) is 5.63. The summed E-state index contributed by atoms with van der Waals surface area (Å²) in [6.45, 7) is 3.26. The summed E-state index contributed by atoms with van der Waals surface area (Å²) in [6, 6.07) is 8.84. The summed E-state index contributed by atoms with van der Waals surface area (Å²) >= 11 is 6.65. The molecule has 0 bridgehead atoms. The minimum atomic E-state index is -1.13. The molecule has 1 amide bonds. The van der Waals surface area contributed by atoms with E-state index in [0.29, 0.717) is 48.6 Å². The Kier molecular flexibility index (Phi) is 8.18. The van der Waals surface area contributed by atoms with E-state index in [1.165, 1.54) is 10.9 Å². The lowest BCUT2D eigenvalue weighted by atomic mass is 9.82. The molecule has 9 nitrogen and oxygen atoms in total. The molecule has 1 N–H and O–H groups in total. The van der Waals surface area contributed by atoms with Crippen LogP contribution in [0.3, 0.4) is 0 Å². The van der Waals surface area contributed by atoms with Crippen molar-refractivity contribution in [2.45, 2.75) is 51.5 Å². The lowest BCUT2D eigenvalue weighted by molar-refractivity contribution is -0.124. The van der Waals surface area contributed by atoms with E-state index in [1.54, 1.807) is 30.3 Å². The van der Waals surface area contributed by atoms with Gasteiger partial charge in [0.25, 0.3) is 0 Å². The Morgan fingerprint density at radius 2 is 1.85 bits per heavy atom. The number of hydrogen-bond donors (Lipinski definition) is 1. The SMILES string of the molecule is COc1ccc(-c2ccc(-n3cc(C(=O)O)c(N(C(=O)C4CCC(C)CC4)C4CCOCC4)n3)cc2Cl)cn1. The summed E-state index contributed by atoms with van der Waals surface area (Å²) < 4.78 is 12.2. The van der Waals surface area contributed by atoms with Crippen molar-refractivity contribution in [1.82, 2.24) is 14.8 Å². The molecule has 3 heterocycles. The first kappa shape index (κ1) is 27.1. The molecule has 39 heavy (non-hydrogen) atoms. The first-order chi connectivity index (χ1) is 18.9. The van der Waals surface area contributed by atoms with E-state index < -0.39 is 5.97 Å². The van der Waals surface area contributed by atoms with Crippen molar-refractivity contribution in [3.63, 3.8) is 0 Å². The van der Waals surface area contributed by atoms with Crippen molar-refractivity contribution in [2.24, 2.45) is 11.8 Å². The van der Waals surface area contributed by atoms with E-state index >= 15 is 0 Å². The summed E-state index contributed by atoms with van der Waals surface area (Å²) in [4.78, 5) is 32.2. The standard InChI is InChI=1S/C29H33ClN4O5/c1-18-3-5-19(6-4-18)28(35)34(21-11-13-39-14-12-21)27-24(29(36)37)17-33(32-27)22-8-9-23(25(30)15-22)20-7-10-26(38-2)31-16-20/h7-10,15-19,21H,3-6,11-14H2,1-2H3,(H,36,37). The first-order valence-electron chi connectivity index (χ1n) is 13.4. The highest BCUT2D eigenvalue weighted by Gasteiger charge is 2.37. The van der Waals surface area contributed by atoms with E-state index in [0.717, 1.165) is 36.8 Å². The molecule has 1 aromatic carbocycles. The molecular formula is C29H33ClN4O5. The lowest BCUT2D eigenvalue weighted by Crippen LogP contribution is -2.47. The quantitative estimate of drug-likeness (QED) is 0.404. The molecule has 2 aliphatic rings. The fourth-order valence-corrected chi connectivity index (χ4v) is 5.76. The number of carboxylic acid groups (broad SMARTS) is 1. The van der Waals surface area contributed by atoms with Crippen molar-refractivity contribution >= 4 is 29.3 Å². The fraction of sp³-hybridized carbons (Fsp3) is 0.448. The summed E-state index contributed by atoms with van der Waals surface area (Å²) in [5.74, 6) is -0.0310. The number of carboxylic acids is 1. The second-order valence-corrected chi connectivity index (χ2v) is 10.8. The summed E-state index contributed by atoms with van der Waals surface area (Å²) in [6.07, 6.45) is 8.01. The number of hydrogen-bond acceptors (Lipinski definition) is 6. The average molecular weight is 553 g/mol. The van der Waals surface area contributed by atoms with Crippen LogP contribution in [-0.4, -0.2) is 58.1 Å². The fourth-order valence-electron chi connectivity index (χ4n) is 5.47. The Hall–Kier alpha value is -3.43. The number of benzene rings is 1. The predicted molar refractivity (Wildman–Crippen MR) is 148 cm³/mol. The van der Waals surface area contributed by atoms with Crippen LogP contribution in [0.5, 0.6) is 5.88 Å². The highest BCUT2D eigenvalue weighted by Crippen LogP contribution is 2.35. The third-order valence-electron chi connectivity index (χ3n) is 7.79. The topological polar surface area (TPSA) is 107 Å². The van der Waals surface area contributed by atoms with Gasteiger partial charge in [-0.15, -0.1) is 5.10 Å². The smallest absolute Gasteiger partial charge is 0.341 e. The summed E-state index contributed by atoms with van der Waals surface area (Å²) in [5, 5.41) is 15.3. The number of anilines is 1. The number of aromatic nitrogens is 3. The second-order valence-electron chi connectivity index (χ2n) is 10.4. The number of nitrogens with zero attached hydrogens (tertiary/aromatic N) is 4. The zero-order valence-electron chi connectivity index (χ0n) is 22.2. The van der Waals surface area contributed by atoms with Crippen LogP contribution >= 0.6 is 11.6 Å². The Bertz CT molecular complexity index is 1330. The maximum absolute atomic E-state index is 13.9. The van der Waals surface area contributed by atoms with Gasteiger partial charge in [-0.25, -0.2) is 14.5 Å². The molecule has 0 spiro atoms. The molecule has 0 unspecified atom stereocenters. The molecule has 0 atom stereocenters. The molecule has 1 saturated heterocycles. The highest BCUT2D eigenvalue weighted by atomic mass is 35.5. The average Bonchev–Trinajstić information content (AvgIpc) is 3.39. The summed E-state index contributed by atoms with van der Waals surface area (Å²) in [7, 11) is 1.56. The van der Waals surface area contributed by atoms with Gasteiger partial charge in [0.1, 0.15) is 5.56 Å². The Morgan fingerprint density at radius 1 is 1.10 bits per heavy atom. The van der Waals surface area contributed by atoms with Crippen molar-refractivity contribution in [3.8, 4) is 22.7 Å². The molecular weight excluding hydrogens is 520 g/mol. The van der Waals surface area contributed by atoms with E-state index in [1.807, 2.05) is 18.2 Å². The van der Waals surface area contributed by atoms with Crippen LogP contribution in [0, 0.1) is 11.8 Å². The maximum atomic E-state index is 13.9. The van der Waals surface area contributed by atoms with E-state index in [9.17, 15) is 14.7 Å². The number of rotatable bonds is 7. The van der Waals surface area contributed by atoms with Gasteiger partial charge in [0, 0.05) is 54.8 Å². The Balaban J connectivity index is 1.50. The second kappa shape index (κ2) is 11.8. The van der Waals surface area contributed by atoms with E-state index in [2.05, 4.69) is 17.0 Å². The van der Waals surface area contributed by atoms with Crippen LogP contribution < -0.4 is 9.64 Å². The van der Waals surface area contributed by atoms with Crippen LogP contribution in [0.1, 0.15) is 55.8 Å². The zero-order valence-corrected chi connectivity index (χ0v) is 22.9. The molecule has 3 aromatic rings. The van der Waals surface area contributed by atoms with Crippen molar-refractivity contribution < 1.29 is 24.2 Å². The highest BCUT2D eigenvalue weighted by molar-refractivity contribution is 6.33. The van der Waals surface area contributed by atoms with E-state index in [-0.39, 0.29) is 29.2 Å². The molecule has 1 saturated carbocycles. The van der Waals surface area contributed by atoms with E-state index in [4.69, 9.17) is 21.1 Å². The third kappa shape index (κ3) is 5.79. The van der Waals surface area contributed by atoms with Crippen LogP contribution in [0.25, 0.3) is 16.8 Å². The molecule has 2 aromatic heterocycles. The van der Waals surface area contributed by atoms with Gasteiger partial charge in [0.15, 0.2) is 5.82 Å². The summed E-state index contributed by atoms with van der Waals surface area (Å²) in [5.41, 5.74) is 2.16. The number of carbonyl (C=O) groups excluding carboxylic acids is 1. The van der Waals surface area contributed by atoms with Crippen LogP contribution in [-0.2, 0) is 9.53 Å². The van der Waals surface area contributed by atoms with Gasteiger partial charge in [0.05, 0.1) is 17.8 Å². The number of methoxy groups -OCH3 is 1. The number of pyridine rings is 1. The van der Waals surface area contributed by atoms with Gasteiger partial charge in [-0.05, 0) is 62.6 Å². The molecule has 10 heteroatoms.